The van der Waals surface area contributed by atoms with E-state index in [1.165, 1.54) is 17.8 Å². The van der Waals surface area contributed by atoms with Gasteiger partial charge in [0.25, 0.3) is 0 Å². The zero-order valence-corrected chi connectivity index (χ0v) is 9.93. The van der Waals surface area contributed by atoms with E-state index in [0.29, 0.717) is 9.50 Å². The monoisotopic (exact) mass is 284 g/mol. The lowest BCUT2D eigenvalue weighted by Crippen LogP contribution is -1.87. The van der Waals surface area contributed by atoms with E-state index in [-0.39, 0.29) is 5.82 Å². The summed E-state index contributed by atoms with van der Waals surface area (Å²) in [4.78, 5) is 8.06. The van der Waals surface area contributed by atoms with Crippen molar-refractivity contribution < 1.29 is 4.39 Å². The van der Waals surface area contributed by atoms with Crippen LogP contribution in [0.3, 0.4) is 0 Å². The molecule has 2 rings (SSSR count). The number of nitrogens with zero attached hydrogens (tertiary/aromatic N) is 2. The van der Waals surface area contributed by atoms with Gasteiger partial charge in [-0.25, -0.2) is 14.4 Å². The lowest BCUT2D eigenvalue weighted by Gasteiger charge is -2.01. The van der Waals surface area contributed by atoms with Gasteiger partial charge in [0.2, 0.25) is 0 Å². The van der Waals surface area contributed by atoms with Crippen molar-refractivity contribution in [1.29, 1.82) is 0 Å². The van der Waals surface area contributed by atoms with Crippen LogP contribution in [0.4, 0.5) is 4.39 Å². The summed E-state index contributed by atoms with van der Waals surface area (Å²) in [6.45, 7) is 0. The Morgan fingerprint density at radius 3 is 2.80 bits per heavy atom. The van der Waals surface area contributed by atoms with E-state index < -0.39 is 0 Å². The normalized spacial score (nSPS) is 10.3. The van der Waals surface area contributed by atoms with Crippen LogP contribution in [-0.4, -0.2) is 9.97 Å². The van der Waals surface area contributed by atoms with E-state index in [2.05, 4.69) is 25.9 Å². The Kier molecular flexibility index (Phi) is 3.33. The van der Waals surface area contributed by atoms with Crippen LogP contribution in [0.2, 0.25) is 0 Å². The molecule has 5 heteroatoms. The first-order valence-electron chi connectivity index (χ1n) is 4.15. The Balaban J connectivity index is 2.25. The van der Waals surface area contributed by atoms with Crippen molar-refractivity contribution in [3.05, 3.63) is 46.9 Å². The second-order valence-electron chi connectivity index (χ2n) is 2.71. The number of hydrogen-bond donors (Lipinski definition) is 0. The third-order valence-corrected chi connectivity index (χ3v) is 2.99. The third kappa shape index (κ3) is 2.76. The highest BCUT2D eigenvalue weighted by molar-refractivity contribution is 9.10. The molecule has 0 saturated carbocycles. The number of hydrogen-bond acceptors (Lipinski definition) is 3. The molecule has 0 fully saturated rings. The first-order chi connectivity index (χ1) is 7.25. The van der Waals surface area contributed by atoms with Crippen molar-refractivity contribution in [2.45, 2.75) is 10.1 Å². The van der Waals surface area contributed by atoms with E-state index in [1.54, 1.807) is 12.4 Å². The summed E-state index contributed by atoms with van der Waals surface area (Å²) >= 11 is 4.36. The molecule has 0 N–H and O–H groups in total. The Labute approximate surface area is 99.1 Å². The predicted octanol–water partition coefficient (Wildman–Crippen LogP) is 3.53. The summed E-state index contributed by atoms with van der Waals surface area (Å²) < 4.78 is 14.0. The summed E-state index contributed by atoms with van der Waals surface area (Å²) in [6, 6.07) is 6.87. The third-order valence-electron chi connectivity index (χ3n) is 1.61. The summed E-state index contributed by atoms with van der Waals surface area (Å²) in [6.07, 6.45) is 3.23. The van der Waals surface area contributed by atoms with Crippen LogP contribution in [0, 0.1) is 5.82 Å². The van der Waals surface area contributed by atoms with E-state index in [1.807, 2.05) is 18.2 Å². The van der Waals surface area contributed by atoms with Crippen molar-refractivity contribution >= 4 is 27.7 Å². The minimum absolute atomic E-state index is 0.330. The predicted molar refractivity (Wildman–Crippen MR) is 60.3 cm³/mol. The number of pyridine rings is 2. The van der Waals surface area contributed by atoms with Gasteiger partial charge in [0.1, 0.15) is 10.1 Å². The summed E-state index contributed by atoms with van der Waals surface area (Å²) in [7, 11) is 0. The van der Waals surface area contributed by atoms with Crippen LogP contribution in [0.25, 0.3) is 0 Å². The van der Waals surface area contributed by atoms with Crippen LogP contribution < -0.4 is 0 Å². The lowest BCUT2D eigenvalue weighted by molar-refractivity contribution is 0.586. The number of rotatable bonds is 2. The highest BCUT2D eigenvalue weighted by Crippen LogP contribution is 2.27. The molecule has 0 aliphatic rings. The SMILES string of the molecule is Fc1cc(Br)cnc1Sc1ccccn1. The summed E-state index contributed by atoms with van der Waals surface area (Å²) in [5, 5.41) is 1.06. The molecule has 0 spiro atoms. The summed E-state index contributed by atoms with van der Waals surface area (Å²) in [5.74, 6) is -0.347. The van der Waals surface area contributed by atoms with E-state index >= 15 is 0 Å². The molecule has 0 amide bonds. The molecular weight excluding hydrogens is 279 g/mol. The molecule has 2 heterocycles. The van der Waals surface area contributed by atoms with Crippen molar-refractivity contribution in [2.75, 3.05) is 0 Å². The molecule has 0 saturated heterocycles. The smallest absolute Gasteiger partial charge is 0.156 e. The van der Waals surface area contributed by atoms with E-state index in [4.69, 9.17) is 0 Å². The van der Waals surface area contributed by atoms with Gasteiger partial charge in [-0.15, -0.1) is 0 Å². The van der Waals surface area contributed by atoms with Crippen LogP contribution in [0.1, 0.15) is 0 Å². The van der Waals surface area contributed by atoms with Gasteiger partial charge in [-0.3, -0.25) is 0 Å². The molecule has 0 atom stereocenters. The molecule has 2 aromatic rings. The highest BCUT2D eigenvalue weighted by Gasteiger charge is 2.06. The van der Waals surface area contributed by atoms with Crippen molar-refractivity contribution in [3.63, 3.8) is 0 Å². The Hall–Kier alpha value is -0.940. The first kappa shape index (κ1) is 10.6. The molecule has 0 aliphatic heterocycles. The number of aromatic nitrogens is 2. The molecule has 2 nitrogen and oxygen atoms in total. The van der Waals surface area contributed by atoms with Crippen LogP contribution in [-0.2, 0) is 0 Å². The minimum Gasteiger partial charge on any atom is -0.250 e. The van der Waals surface area contributed by atoms with Crippen molar-refractivity contribution in [2.24, 2.45) is 0 Å². The van der Waals surface area contributed by atoms with E-state index in [0.717, 1.165) is 5.03 Å². The van der Waals surface area contributed by atoms with Gasteiger partial charge in [0, 0.05) is 16.9 Å². The fraction of sp³-hybridized carbons (Fsp3) is 0. The maximum absolute atomic E-state index is 13.4. The Bertz CT molecular complexity index is 464. The minimum atomic E-state index is -0.347. The number of halogens is 2. The van der Waals surface area contributed by atoms with Gasteiger partial charge < -0.3 is 0 Å². The van der Waals surface area contributed by atoms with Crippen LogP contribution in [0.5, 0.6) is 0 Å². The molecule has 15 heavy (non-hydrogen) atoms. The molecule has 0 radical (unpaired) electrons. The molecular formula is C10H6BrFN2S. The van der Waals surface area contributed by atoms with Gasteiger partial charge in [0.15, 0.2) is 5.82 Å². The maximum atomic E-state index is 13.4. The molecule has 0 unspecified atom stereocenters. The average molecular weight is 285 g/mol. The fourth-order valence-electron chi connectivity index (χ4n) is 0.984. The Morgan fingerprint density at radius 1 is 1.27 bits per heavy atom. The zero-order valence-electron chi connectivity index (χ0n) is 7.52. The molecule has 76 valence electrons. The van der Waals surface area contributed by atoms with Gasteiger partial charge in [-0.2, -0.15) is 0 Å². The van der Waals surface area contributed by atoms with Crippen molar-refractivity contribution in [1.82, 2.24) is 9.97 Å². The fourth-order valence-corrected chi connectivity index (χ4v) is 2.01. The standard InChI is InChI=1S/C10H6BrFN2S/c11-7-5-8(12)10(14-6-7)15-9-3-1-2-4-13-9/h1-6H. The van der Waals surface area contributed by atoms with Crippen LogP contribution >= 0.6 is 27.7 Å². The van der Waals surface area contributed by atoms with Gasteiger partial charge in [0.05, 0.1) is 0 Å². The molecule has 0 aromatic carbocycles. The van der Waals surface area contributed by atoms with Gasteiger partial charge in [-0.1, -0.05) is 6.07 Å². The zero-order chi connectivity index (χ0) is 10.7. The van der Waals surface area contributed by atoms with E-state index in [9.17, 15) is 4.39 Å². The first-order valence-corrected chi connectivity index (χ1v) is 5.76. The second-order valence-corrected chi connectivity index (χ2v) is 4.64. The Morgan fingerprint density at radius 2 is 2.13 bits per heavy atom. The van der Waals surface area contributed by atoms with Gasteiger partial charge in [-0.05, 0) is 45.9 Å². The van der Waals surface area contributed by atoms with Crippen molar-refractivity contribution in [3.8, 4) is 0 Å². The average Bonchev–Trinajstić information content (AvgIpc) is 2.24. The quantitative estimate of drug-likeness (QED) is 0.844. The van der Waals surface area contributed by atoms with Crippen LogP contribution in [0.15, 0.2) is 51.2 Å². The highest BCUT2D eigenvalue weighted by atomic mass is 79.9. The second kappa shape index (κ2) is 4.72. The molecule has 0 bridgehead atoms. The lowest BCUT2D eigenvalue weighted by atomic mass is 10.5. The van der Waals surface area contributed by atoms with Gasteiger partial charge >= 0.3 is 0 Å². The topological polar surface area (TPSA) is 25.8 Å². The largest absolute Gasteiger partial charge is 0.250 e. The molecule has 2 aromatic heterocycles. The molecule has 0 aliphatic carbocycles. The summed E-state index contributed by atoms with van der Waals surface area (Å²) in [5.41, 5.74) is 0. The maximum Gasteiger partial charge on any atom is 0.156 e.